The van der Waals surface area contributed by atoms with Crippen LogP contribution in [-0.2, 0) is 9.59 Å². The van der Waals surface area contributed by atoms with Gasteiger partial charge >= 0.3 is 5.97 Å². The molecule has 0 aliphatic heterocycles. The first-order valence-corrected chi connectivity index (χ1v) is 10.7. The van der Waals surface area contributed by atoms with E-state index < -0.39 is 12.0 Å². The van der Waals surface area contributed by atoms with Crippen molar-refractivity contribution in [1.82, 2.24) is 5.32 Å². The molecule has 0 saturated heterocycles. The lowest BCUT2D eigenvalue weighted by Crippen LogP contribution is -2.40. The molecule has 0 bridgehead atoms. The number of thiol groups is 1. The Morgan fingerprint density at radius 2 is 1.48 bits per heavy atom. The van der Waals surface area contributed by atoms with Gasteiger partial charge in [-0.15, -0.1) is 11.8 Å². The van der Waals surface area contributed by atoms with E-state index in [0.29, 0.717) is 0 Å². The van der Waals surface area contributed by atoms with Crippen molar-refractivity contribution in [2.24, 2.45) is 0 Å². The molecule has 0 unspecified atom stereocenters. The normalized spacial score (nSPS) is 12.0. The van der Waals surface area contributed by atoms with E-state index in [1.165, 1.54) is 49.3 Å². The number of carbonyl (C=O) groups is 2. The quantitative estimate of drug-likeness (QED) is 0.173. The molecular formula is C24H39NO3S. The van der Waals surface area contributed by atoms with Gasteiger partial charge in [-0.25, -0.2) is 4.79 Å². The summed E-state index contributed by atoms with van der Waals surface area (Å²) in [5, 5.41) is 10.6. The van der Waals surface area contributed by atoms with E-state index >= 15 is 0 Å². The zero-order valence-corrected chi connectivity index (χ0v) is 19.9. The number of hydrogen-bond donors (Lipinski definition) is 3. The van der Waals surface area contributed by atoms with E-state index in [-0.39, 0.29) is 11.7 Å². The van der Waals surface area contributed by atoms with E-state index in [1.807, 2.05) is 6.92 Å². The first kappa shape index (κ1) is 29.3. The van der Waals surface area contributed by atoms with Crippen LogP contribution in [0.5, 0.6) is 0 Å². The average molecular weight is 422 g/mol. The molecule has 0 aliphatic rings. The van der Waals surface area contributed by atoms with Crippen molar-refractivity contribution in [3.63, 3.8) is 0 Å². The summed E-state index contributed by atoms with van der Waals surface area (Å²) < 4.78 is 0. The number of allylic oxidation sites excluding steroid dienone is 6. The van der Waals surface area contributed by atoms with Gasteiger partial charge < -0.3 is 10.4 Å². The molecule has 0 radical (unpaired) electrons. The fourth-order valence-corrected chi connectivity index (χ4v) is 2.53. The lowest BCUT2D eigenvalue weighted by atomic mass is 10.1. The van der Waals surface area contributed by atoms with E-state index in [4.69, 9.17) is 5.11 Å². The summed E-state index contributed by atoms with van der Waals surface area (Å²) in [7, 11) is 0. The average Bonchev–Trinajstić information content (AvgIpc) is 2.63. The number of aliphatic carboxylic acids is 1. The molecule has 5 heteroatoms. The van der Waals surface area contributed by atoms with Crippen molar-refractivity contribution < 1.29 is 14.7 Å². The number of rotatable bonds is 11. The monoisotopic (exact) mass is 421 g/mol. The van der Waals surface area contributed by atoms with Crippen molar-refractivity contribution >= 4 is 24.5 Å². The summed E-state index contributed by atoms with van der Waals surface area (Å²) in [4.78, 5) is 20.5. The number of hydrogen-bond acceptors (Lipinski definition) is 3. The van der Waals surface area contributed by atoms with Crippen LogP contribution < -0.4 is 5.32 Å². The maximum atomic E-state index is 10.3. The van der Waals surface area contributed by atoms with Crippen LogP contribution in [0.1, 0.15) is 80.1 Å². The maximum Gasteiger partial charge on any atom is 0.327 e. The molecule has 1 amide bonds. The molecule has 29 heavy (non-hydrogen) atoms. The Labute approximate surface area is 183 Å². The molecule has 4 nitrogen and oxygen atoms in total. The van der Waals surface area contributed by atoms with Gasteiger partial charge in [0, 0.05) is 19.1 Å². The highest BCUT2D eigenvalue weighted by atomic mass is 32.1. The third-order valence-electron chi connectivity index (χ3n) is 3.92. The first-order valence-electron chi connectivity index (χ1n) is 10.1. The number of unbranched alkanes of at least 4 members (excludes halogenated alkanes) is 1. The summed E-state index contributed by atoms with van der Waals surface area (Å²) in [5.41, 5.74) is 4.43. The molecule has 0 heterocycles. The van der Waals surface area contributed by atoms with Crippen LogP contribution in [0.25, 0.3) is 0 Å². The second kappa shape index (κ2) is 19.4. The van der Waals surface area contributed by atoms with Crippen LogP contribution >= 0.6 is 12.6 Å². The van der Waals surface area contributed by atoms with Gasteiger partial charge in [0.1, 0.15) is 6.04 Å². The van der Waals surface area contributed by atoms with Crippen LogP contribution in [-0.4, -0.2) is 28.8 Å². The minimum absolute atomic E-state index is 0.106. The first-order chi connectivity index (χ1) is 13.6. The van der Waals surface area contributed by atoms with Crippen LogP contribution in [0, 0.1) is 11.8 Å². The van der Waals surface area contributed by atoms with Gasteiger partial charge in [0.15, 0.2) is 0 Å². The number of amides is 1. The number of nitrogens with one attached hydrogen (secondary N) is 1. The highest BCUT2D eigenvalue weighted by molar-refractivity contribution is 7.80. The van der Waals surface area contributed by atoms with Crippen molar-refractivity contribution in [1.29, 1.82) is 0 Å². The summed E-state index contributed by atoms with van der Waals surface area (Å²) in [6.45, 7) is 12.0. The predicted molar refractivity (Wildman–Crippen MR) is 127 cm³/mol. The van der Waals surface area contributed by atoms with Gasteiger partial charge in [0.2, 0.25) is 5.91 Å². The molecule has 0 aliphatic carbocycles. The van der Waals surface area contributed by atoms with Crippen molar-refractivity contribution in [2.45, 2.75) is 86.1 Å². The van der Waals surface area contributed by atoms with Crippen molar-refractivity contribution in [3.05, 3.63) is 34.9 Å². The second-order valence-electron chi connectivity index (χ2n) is 7.20. The number of carboxylic acid groups (broad SMARTS) is 1. The molecule has 0 saturated carbocycles. The van der Waals surface area contributed by atoms with E-state index in [2.05, 4.69) is 75.7 Å². The molecule has 0 aromatic heterocycles. The minimum Gasteiger partial charge on any atom is -0.480 e. The Balaban J connectivity index is 0. The van der Waals surface area contributed by atoms with Crippen LogP contribution in [0.4, 0.5) is 0 Å². The molecule has 1 atom stereocenters. The Kier molecular flexibility index (Phi) is 19.6. The molecule has 0 aromatic carbocycles. The summed E-state index contributed by atoms with van der Waals surface area (Å²) >= 11 is 3.73. The molecule has 2 N–H and O–H groups in total. The zero-order valence-electron chi connectivity index (χ0n) is 19.0. The molecular weight excluding hydrogens is 382 g/mol. The lowest BCUT2D eigenvalue weighted by molar-refractivity contribution is -0.140. The van der Waals surface area contributed by atoms with Gasteiger partial charge in [-0.3, -0.25) is 4.79 Å². The van der Waals surface area contributed by atoms with Gasteiger partial charge in [-0.2, -0.15) is 12.6 Å². The molecule has 0 rings (SSSR count). The van der Waals surface area contributed by atoms with Crippen LogP contribution in [0.15, 0.2) is 34.9 Å². The molecule has 0 fully saturated rings. The summed E-state index contributed by atoms with van der Waals surface area (Å²) in [6.07, 6.45) is 13.8. The predicted octanol–water partition coefficient (Wildman–Crippen LogP) is 5.71. The number of carboxylic acids is 1. The Morgan fingerprint density at radius 3 is 1.86 bits per heavy atom. The van der Waals surface area contributed by atoms with Gasteiger partial charge in [-0.1, -0.05) is 34.9 Å². The number of carbonyl (C=O) groups excluding carboxylic acids is 1. The zero-order chi connectivity index (χ0) is 22.7. The third-order valence-corrected chi connectivity index (χ3v) is 4.28. The van der Waals surface area contributed by atoms with Gasteiger partial charge in [0.25, 0.3) is 0 Å². The third kappa shape index (κ3) is 22.2. The summed E-state index contributed by atoms with van der Waals surface area (Å²) in [5.74, 6) is 4.71. The van der Waals surface area contributed by atoms with E-state index in [9.17, 15) is 9.59 Å². The lowest BCUT2D eigenvalue weighted by Gasteiger charge is -2.08. The highest BCUT2D eigenvalue weighted by Crippen LogP contribution is 2.12. The fourth-order valence-electron chi connectivity index (χ4n) is 2.29. The standard InChI is InChI=1S/C19H30.C5H9NO3S/c1-6-7-8-9-13-18(4)15-11-16-19(5)14-10-12-17(2)3;1-3(7)6-4(2-10)5(8)9/h12-13,16H,8-11,14-15H2,1-5H3;4,10H,2H2,1H3,(H,6,7)(H,8,9)/b18-13+,19-16+;/t;4-/m.0/s1. The summed E-state index contributed by atoms with van der Waals surface area (Å²) in [6, 6.07) is -0.874. The Hall–Kier alpha value is -1.93. The SMILES string of the molecule is CC#CCC/C=C(\C)CC/C=C(\C)CCC=C(C)C.CC(=O)N[C@@H](CS)C(=O)O. The smallest absolute Gasteiger partial charge is 0.327 e. The molecule has 164 valence electrons. The van der Waals surface area contributed by atoms with Crippen LogP contribution in [0.2, 0.25) is 0 Å². The second-order valence-corrected chi connectivity index (χ2v) is 7.56. The van der Waals surface area contributed by atoms with Gasteiger partial charge in [0.05, 0.1) is 0 Å². The fraction of sp³-hybridized carbons (Fsp3) is 0.583. The topological polar surface area (TPSA) is 66.4 Å². The largest absolute Gasteiger partial charge is 0.480 e. The molecule has 0 aromatic rings. The molecule has 0 spiro atoms. The van der Waals surface area contributed by atoms with Crippen LogP contribution in [0.3, 0.4) is 0 Å². The minimum atomic E-state index is -1.06. The van der Waals surface area contributed by atoms with E-state index in [1.54, 1.807) is 0 Å². The maximum absolute atomic E-state index is 10.3. The highest BCUT2D eigenvalue weighted by Gasteiger charge is 2.15. The van der Waals surface area contributed by atoms with Gasteiger partial charge in [-0.05, 0) is 66.7 Å². The Bertz CT molecular complexity index is 632. The van der Waals surface area contributed by atoms with Crippen molar-refractivity contribution in [2.75, 3.05) is 5.75 Å². The van der Waals surface area contributed by atoms with Crippen molar-refractivity contribution in [3.8, 4) is 11.8 Å². The Morgan fingerprint density at radius 1 is 0.966 bits per heavy atom. The van der Waals surface area contributed by atoms with E-state index in [0.717, 1.165) is 12.8 Å².